The van der Waals surface area contributed by atoms with E-state index in [4.69, 9.17) is 9.47 Å². The van der Waals surface area contributed by atoms with E-state index in [1.54, 1.807) is 0 Å². The summed E-state index contributed by atoms with van der Waals surface area (Å²) in [5.41, 5.74) is -1.76. The van der Waals surface area contributed by atoms with Gasteiger partial charge in [-0.05, 0) is 18.3 Å². The number of Topliss-reactive ketones (excluding diaryl/α,β-unsaturated/α-hetero) is 1. The molecule has 3 atom stereocenters. The topological polar surface area (TPSA) is 151 Å². The van der Waals surface area contributed by atoms with Gasteiger partial charge in [0.15, 0.2) is 17.3 Å². The summed E-state index contributed by atoms with van der Waals surface area (Å²) < 4.78 is 9.99. The maximum absolute atomic E-state index is 13.3. The Labute approximate surface area is 192 Å². The Morgan fingerprint density at radius 3 is 2.03 bits per heavy atom. The minimum Gasteiger partial charge on any atom is -0.507 e. The first kappa shape index (κ1) is 24.8. The first-order chi connectivity index (χ1) is 15.2. The van der Waals surface area contributed by atoms with Crippen LogP contribution in [0.5, 0.6) is 17.2 Å². The van der Waals surface area contributed by atoms with Gasteiger partial charge >= 0.3 is 11.9 Å². The van der Waals surface area contributed by atoms with Gasteiger partial charge in [0.25, 0.3) is 0 Å². The summed E-state index contributed by atoms with van der Waals surface area (Å²) in [6, 6.07) is 0. The molecule has 0 heterocycles. The zero-order valence-corrected chi connectivity index (χ0v) is 19.6. The van der Waals surface area contributed by atoms with E-state index in [0.717, 1.165) is 12.8 Å². The highest BCUT2D eigenvalue weighted by atomic mass is 16.5. The average Bonchev–Trinajstić information content (AvgIpc) is 2.69. The maximum Gasteiger partial charge on any atom is 0.302 e. The SMILES string of the molecule is CC(=O)OCC(COC(C)=O)c1c(O)c(O)c2c(c1O)C(=O)C(O)C1C(C)(C)CCCC21C. The zero-order chi connectivity index (χ0) is 24.9. The second-order valence-electron chi connectivity index (χ2n) is 10.1. The maximum atomic E-state index is 13.3. The fraction of sp³-hybridized carbons (Fsp3) is 0.625. The minimum absolute atomic E-state index is 0.105. The normalized spacial score (nSPS) is 25.8. The van der Waals surface area contributed by atoms with Crippen LogP contribution >= 0.6 is 0 Å². The molecule has 4 N–H and O–H groups in total. The van der Waals surface area contributed by atoms with E-state index in [2.05, 4.69) is 0 Å². The Bertz CT molecular complexity index is 978. The molecular weight excluding hydrogens is 432 g/mol. The number of fused-ring (bicyclic) bond motifs is 3. The van der Waals surface area contributed by atoms with Crippen molar-refractivity contribution in [3.8, 4) is 17.2 Å². The van der Waals surface area contributed by atoms with Crippen molar-refractivity contribution in [2.75, 3.05) is 13.2 Å². The van der Waals surface area contributed by atoms with Gasteiger partial charge in [-0.15, -0.1) is 0 Å². The van der Waals surface area contributed by atoms with Crippen LogP contribution in [0.4, 0.5) is 0 Å². The fourth-order valence-electron chi connectivity index (χ4n) is 6.00. The third-order valence-corrected chi connectivity index (χ3v) is 7.29. The molecule has 2 aliphatic carbocycles. The van der Waals surface area contributed by atoms with Gasteiger partial charge in [0.05, 0.1) is 17.0 Å². The van der Waals surface area contributed by atoms with Crippen LogP contribution in [0.3, 0.4) is 0 Å². The highest BCUT2D eigenvalue weighted by molar-refractivity contribution is 6.06. The molecule has 0 spiro atoms. The number of ether oxygens (including phenoxy) is 2. The van der Waals surface area contributed by atoms with Crippen molar-refractivity contribution in [1.82, 2.24) is 0 Å². The van der Waals surface area contributed by atoms with Crippen molar-refractivity contribution in [3.63, 3.8) is 0 Å². The molecule has 33 heavy (non-hydrogen) atoms. The Balaban J connectivity index is 2.25. The number of aliphatic hydroxyl groups is 1. The second kappa shape index (κ2) is 8.52. The molecule has 2 aliphatic rings. The van der Waals surface area contributed by atoms with Crippen LogP contribution in [0, 0.1) is 11.3 Å². The van der Waals surface area contributed by atoms with E-state index in [9.17, 15) is 34.8 Å². The Morgan fingerprint density at radius 1 is 0.970 bits per heavy atom. The van der Waals surface area contributed by atoms with Gasteiger partial charge in [-0.1, -0.05) is 27.2 Å². The number of rotatable bonds is 5. The van der Waals surface area contributed by atoms with E-state index in [1.807, 2.05) is 20.8 Å². The summed E-state index contributed by atoms with van der Waals surface area (Å²) in [6.45, 7) is 7.29. The molecule has 0 aliphatic heterocycles. The number of hydrogen-bond donors (Lipinski definition) is 4. The number of phenols is 3. The summed E-state index contributed by atoms with van der Waals surface area (Å²) in [5.74, 6) is -5.51. The standard InChI is InChI=1S/C24H32O9/c1-11(25)32-9-13(10-33-12(2)26)14-17(27)15-16(20(30)18(14)28)24(5)8-6-7-23(3,4)22(24)21(31)19(15)29/h13,21-22,27-28,30-31H,6-10H2,1-5H3. The Hall–Kier alpha value is -2.81. The van der Waals surface area contributed by atoms with Crippen LogP contribution in [-0.2, 0) is 24.5 Å². The number of phenolic OH excluding ortho intramolecular Hbond substituents is 3. The predicted molar refractivity (Wildman–Crippen MR) is 116 cm³/mol. The van der Waals surface area contributed by atoms with E-state index >= 15 is 0 Å². The molecule has 1 fully saturated rings. The number of ketones is 1. The van der Waals surface area contributed by atoms with Gasteiger partial charge < -0.3 is 29.9 Å². The minimum atomic E-state index is -1.42. The van der Waals surface area contributed by atoms with E-state index in [0.29, 0.717) is 6.42 Å². The fourth-order valence-corrected chi connectivity index (χ4v) is 6.00. The number of hydrogen-bond acceptors (Lipinski definition) is 9. The Kier molecular flexibility index (Phi) is 6.41. The number of aromatic hydroxyl groups is 3. The lowest BCUT2D eigenvalue weighted by atomic mass is 9.49. The van der Waals surface area contributed by atoms with Crippen molar-refractivity contribution in [1.29, 1.82) is 0 Å². The van der Waals surface area contributed by atoms with Crippen LogP contribution < -0.4 is 0 Å². The van der Waals surface area contributed by atoms with E-state index in [1.165, 1.54) is 13.8 Å². The Morgan fingerprint density at radius 2 is 1.52 bits per heavy atom. The van der Waals surface area contributed by atoms with E-state index < -0.39 is 63.7 Å². The molecule has 0 radical (unpaired) electrons. The van der Waals surface area contributed by atoms with E-state index in [-0.39, 0.29) is 29.9 Å². The summed E-state index contributed by atoms with van der Waals surface area (Å²) in [4.78, 5) is 36.0. The molecule has 1 saturated carbocycles. The molecule has 0 aromatic heterocycles. The van der Waals surface area contributed by atoms with Gasteiger partial charge in [0, 0.05) is 30.7 Å². The van der Waals surface area contributed by atoms with Crippen molar-refractivity contribution in [2.45, 2.75) is 71.3 Å². The van der Waals surface area contributed by atoms with Crippen LogP contribution in [0.25, 0.3) is 0 Å². The second-order valence-corrected chi connectivity index (χ2v) is 10.1. The number of aliphatic hydroxyl groups excluding tert-OH is 1. The monoisotopic (exact) mass is 464 g/mol. The molecule has 182 valence electrons. The lowest BCUT2D eigenvalue weighted by molar-refractivity contribution is -0.144. The average molecular weight is 465 g/mol. The smallest absolute Gasteiger partial charge is 0.302 e. The largest absolute Gasteiger partial charge is 0.507 e. The molecule has 0 saturated heterocycles. The van der Waals surface area contributed by atoms with Crippen molar-refractivity contribution < 1.29 is 44.3 Å². The molecule has 1 aromatic carbocycles. The molecule has 9 nitrogen and oxygen atoms in total. The molecule has 0 amide bonds. The first-order valence-electron chi connectivity index (χ1n) is 11.0. The van der Waals surface area contributed by atoms with Crippen molar-refractivity contribution in [2.24, 2.45) is 11.3 Å². The molecule has 3 rings (SSSR count). The highest BCUT2D eigenvalue weighted by Gasteiger charge is 2.59. The number of carbonyl (C=O) groups excluding carboxylic acids is 3. The molecule has 9 heteroatoms. The van der Waals surface area contributed by atoms with Gasteiger partial charge in [-0.25, -0.2) is 0 Å². The molecule has 3 unspecified atom stereocenters. The molecular formula is C24H32O9. The number of benzene rings is 1. The number of esters is 2. The van der Waals surface area contributed by atoms with Crippen molar-refractivity contribution >= 4 is 17.7 Å². The van der Waals surface area contributed by atoms with Crippen LogP contribution in [0.2, 0.25) is 0 Å². The zero-order valence-electron chi connectivity index (χ0n) is 19.6. The van der Waals surface area contributed by atoms with Gasteiger partial charge in [-0.2, -0.15) is 0 Å². The first-order valence-corrected chi connectivity index (χ1v) is 11.0. The van der Waals surface area contributed by atoms with Gasteiger partial charge in [0.2, 0.25) is 0 Å². The van der Waals surface area contributed by atoms with Gasteiger partial charge in [-0.3, -0.25) is 14.4 Å². The van der Waals surface area contributed by atoms with Crippen LogP contribution in [-0.4, -0.2) is 57.5 Å². The molecule has 1 aromatic rings. The third-order valence-electron chi connectivity index (χ3n) is 7.29. The van der Waals surface area contributed by atoms with Gasteiger partial charge in [0.1, 0.15) is 25.1 Å². The lowest BCUT2D eigenvalue weighted by Gasteiger charge is -2.55. The van der Waals surface area contributed by atoms with Crippen molar-refractivity contribution in [3.05, 3.63) is 16.7 Å². The number of carbonyl (C=O) groups is 3. The summed E-state index contributed by atoms with van der Waals surface area (Å²) in [7, 11) is 0. The van der Waals surface area contributed by atoms with Crippen LogP contribution in [0.1, 0.15) is 81.3 Å². The highest BCUT2D eigenvalue weighted by Crippen LogP contribution is 2.62. The summed E-state index contributed by atoms with van der Waals surface area (Å²) in [5, 5.41) is 44.3. The third kappa shape index (κ3) is 4.03. The predicted octanol–water partition coefficient (Wildman–Crippen LogP) is 2.65. The van der Waals surface area contributed by atoms with Crippen LogP contribution in [0.15, 0.2) is 0 Å². The molecule has 0 bridgehead atoms. The lowest BCUT2D eigenvalue weighted by Crippen LogP contribution is -2.56. The summed E-state index contributed by atoms with van der Waals surface area (Å²) in [6.07, 6.45) is 0.663. The quantitative estimate of drug-likeness (QED) is 0.293. The summed E-state index contributed by atoms with van der Waals surface area (Å²) >= 11 is 0.